The molecule has 112 valence electrons. The zero-order valence-electron chi connectivity index (χ0n) is 10.5. The van der Waals surface area contributed by atoms with Gasteiger partial charge in [0.2, 0.25) is 10.3 Å². The van der Waals surface area contributed by atoms with Gasteiger partial charge in [-0.15, -0.1) is 0 Å². The standard InChI is InChI=1S/C10H11N5O5S/c11-8-5-9(13-2-12-8)15(3-14-5)10-7(21(18)19)6(17)4(1-16)20-10/h2-4,6,10,16-17H,1H2,(H2,11,12,13)/t4-,6-,10-/m1/s1. The molecule has 1 fully saturated rings. The van der Waals surface area contributed by atoms with Gasteiger partial charge in [0.05, 0.1) is 12.9 Å². The molecule has 11 heteroatoms. The lowest BCUT2D eigenvalue weighted by Crippen LogP contribution is -2.30. The predicted molar refractivity (Wildman–Crippen MR) is 70.7 cm³/mol. The van der Waals surface area contributed by atoms with Gasteiger partial charge in [-0.1, -0.05) is 0 Å². The highest BCUT2D eigenvalue weighted by Crippen LogP contribution is 2.29. The van der Waals surface area contributed by atoms with Gasteiger partial charge in [0.15, 0.2) is 17.7 Å². The molecule has 3 atom stereocenters. The largest absolute Gasteiger partial charge is 0.394 e. The van der Waals surface area contributed by atoms with E-state index in [9.17, 15) is 13.5 Å². The maximum absolute atomic E-state index is 11.3. The Morgan fingerprint density at radius 1 is 1.38 bits per heavy atom. The first-order valence-electron chi connectivity index (χ1n) is 5.88. The molecule has 0 radical (unpaired) electrons. The summed E-state index contributed by atoms with van der Waals surface area (Å²) in [6, 6.07) is 0. The van der Waals surface area contributed by atoms with Gasteiger partial charge in [-0.05, 0) is 0 Å². The monoisotopic (exact) mass is 313 g/mol. The summed E-state index contributed by atoms with van der Waals surface area (Å²) >= 11 is 0. The lowest BCUT2D eigenvalue weighted by molar-refractivity contribution is -0.0417. The third-order valence-corrected chi connectivity index (χ3v) is 4.03. The Labute approximate surface area is 119 Å². The smallest absolute Gasteiger partial charge is 0.220 e. The second-order valence-corrected chi connectivity index (χ2v) is 5.32. The number of anilines is 1. The fourth-order valence-corrected chi connectivity index (χ4v) is 2.89. The second kappa shape index (κ2) is 5.04. The van der Waals surface area contributed by atoms with E-state index in [2.05, 4.69) is 15.0 Å². The number of aliphatic hydroxyl groups excluding tert-OH is 2. The fourth-order valence-electron chi connectivity index (χ4n) is 2.20. The van der Waals surface area contributed by atoms with Gasteiger partial charge in [0.25, 0.3) is 0 Å². The maximum atomic E-state index is 11.3. The Balaban J connectivity index is 2.18. The van der Waals surface area contributed by atoms with Crippen molar-refractivity contribution in [2.24, 2.45) is 0 Å². The van der Waals surface area contributed by atoms with E-state index >= 15 is 0 Å². The fraction of sp³-hybridized carbons (Fsp3) is 0.400. The van der Waals surface area contributed by atoms with Gasteiger partial charge in [0.1, 0.15) is 28.9 Å². The Bertz CT molecular complexity index is 823. The number of nitrogens with two attached hydrogens (primary N) is 1. The van der Waals surface area contributed by atoms with E-state index in [0.717, 1.165) is 0 Å². The molecule has 0 unspecified atom stereocenters. The minimum absolute atomic E-state index is 0.140. The molecule has 0 amide bonds. The van der Waals surface area contributed by atoms with Crippen molar-refractivity contribution in [3.05, 3.63) is 12.7 Å². The molecule has 0 spiro atoms. The normalized spacial score (nSPS) is 25.6. The van der Waals surface area contributed by atoms with Crippen molar-refractivity contribution in [1.29, 1.82) is 0 Å². The summed E-state index contributed by atoms with van der Waals surface area (Å²) < 4.78 is 29.4. The summed E-state index contributed by atoms with van der Waals surface area (Å²) in [6.45, 7) is -0.526. The molecule has 0 aliphatic carbocycles. The van der Waals surface area contributed by atoms with E-state index in [1.54, 1.807) is 0 Å². The molecular formula is C10H11N5O5S. The molecule has 2 aromatic rings. The van der Waals surface area contributed by atoms with Crippen molar-refractivity contribution in [3.8, 4) is 0 Å². The zero-order chi connectivity index (χ0) is 15.1. The van der Waals surface area contributed by atoms with Gasteiger partial charge >= 0.3 is 0 Å². The van der Waals surface area contributed by atoms with Crippen molar-refractivity contribution in [2.45, 2.75) is 18.4 Å². The van der Waals surface area contributed by atoms with Crippen LogP contribution in [0.5, 0.6) is 0 Å². The third-order valence-electron chi connectivity index (χ3n) is 3.20. The summed E-state index contributed by atoms with van der Waals surface area (Å²) in [7, 11) is -2.70. The first-order valence-corrected chi connectivity index (χ1v) is 6.95. The van der Waals surface area contributed by atoms with Crippen molar-refractivity contribution >= 4 is 32.1 Å². The molecule has 10 nitrogen and oxygen atoms in total. The minimum atomic E-state index is -2.70. The molecule has 0 bridgehead atoms. The van der Waals surface area contributed by atoms with Crippen LogP contribution in [-0.4, -0.2) is 61.8 Å². The molecular weight excluding hydrogens is 302 g/mol. The Hall–Kier alpha value is -2.08. The molecule has 4 N–H and O–H groups in total. The minimum Gasteiger partial charge on any atom is -0.394 e. The molecule has 1 saturated heterocycles. The molecule has 21 heavy (non-hydrogen) atoms. The van der Waals surface area contributed by atoms with E-state index in [1.807, 2.05) is 0 Å². The van der Waals surface area contributed by atoms with E-state index in [-0.39, 0.29) is 16.3 Å². The summed E-state index contributed by atoms with van der Waals surface area (Å²) in [5, 5.41) is 19.0. The summed E-state index contributed by atoms with van der Waals surface area (Å²) in [5.41, 5.74) is 6.21. The number of aliphatic hydroxyl groups is 2. The highest BCUT2D eigenvalue weighted by molar-refractivity contribution is 7.73. The first-order chi connectivity index (χ1) is 10.0. The Morgan fingerprint density at radius 3 is 2.81 bits per heavy atom. The van der Waals surface area contributed by atoms with Crippen LogP contribution in [0.25, 0.3) is 11.2 Å². The quantitative estimate of drug-likeness (QED) is 0.520. The number of nitrogens with zero attached hydrogens (tertiary/aromatic N) is 4. The van der Waals surface area contributed by atoms with Gasteiger partial charge in [-0.25, -0.2) is 15.0 Å². The van der Waals surface area contributed by atoms with E-state index in [0.29, 0.717) is 5.52 Å². The SMILES string of the molecule is Nc1ncnc2c1ncn2[C@@H]1O[C@H](CO)[C@@H](O)C1=S(=O)=O. The molecule has 0 saturated carbocycles. The number of nitrogen functional groups attached to an aromatic ring is 1. The zero-order valence-corrected chi connectivity index (χ0v) is 11.3. The van der Waals surface area contributed by atoms with Crippen molar-refractivity contribution in [3.63, 3.8) is 0 Å². The number of ether oxygens (including phenoxy) is 1. The van der Waals surface area contributed by atoms with Crippen LogP contribution in [0.15, 0.2) is 12.7 Å². The number of fused-ring (bicyclic) bond motifs is 1. The number of rotatable bonds is 2. The highest BCUT2D eigenvalue weighted by atomic mass is 32.2. The van der Waals surface area contributed by atoms with Gasteiger partial charge < -0.3 is 20.7 Å². The third kappa shape index (κ3) is 2.06. The van der Waals surface area contributed by atoms with Crippen LogP contribution in [0.4, 0.5) is 5.82 Å². The van der Waals surface area contributed by atoms with Crippen LogP contribution in [0.2, 0.25) is 0 Å². The summed E-state index contributed by atoms with van der Waals surface area (Å²) in [4.78, 5) is 11.5. The average molecular weight is 313 g/mol. The van der Waals surface area contributed by atoms with Crippen LogP contribution < -0.4 is 5.73 Å². The van der Waals surface area contributed by atoms with Crippen LogP contribution in [0.3, 0.4) is 0 Å². The topological polar surface area (TPSA) is 153 Å². The molecule has 0 aromatic carbocycles. The highest BCUT2D eigenvalue weighted by Gasteiger charge is 2.43. The lowest BCUT2D eigenvalue weighted by Gasteiger charge is -2.12. The lowest BCUT2D eigenvalue weighted by atomic mass is 10.2. The van der Waals surface area contributed by atoms with Gasteiger partial charge in [-0.2, -0.15) is 8.42 Å². The van der Waals surface area contributed by atoms with E-state index in [1.165, 1.54) is 17.2 Å². The van der Waals surface area contributed by atoms with Crippen molar-refractivity contribution in [1.82, 2.24) is 19.5 Å². The predicted octanol–water partition coefficient (Wildman–Crippen LogP) is -2.29. The number of aromatic nitrogens is 4. The molecule has 2 aromatic heterocycles. The van der Waals surface area contributed by atoms with Crippen LogP contribution in [0, 0.1) is 0 Å². The average Bonchev–Trinajstić information content (AvgIpc) is 3.00. The summed E-state index contributed by atoms with van der Waals surface area (Å²) in [6.07, 6.45) is -1.12. The van der Waals surface area contributed by atoms with Crippen molar-refractivity contribution < 1.29 is 23.4 Å². The summed E-state index contributed by atoms with van der Waals surface area (Å²) in [5.74, 6) is 0.140. The molecule has 1 aliphatic heterocycles. The molecule has 1 aliphatic rings. The molecule has 3 rings (SSSR count). The number of imidazole rings is 1. The second-order valence-electron chi connectivity index (χ2n) is 4.37. The van der Waals surface area contributed by atoms with Gasteiger partial charge in [0, 0.05) is 0 Å². The Morgan fingerprint density at radius 2 is 2.14 bits per heavy atom. The number of hydrogen-bond donors (Lipinski definition) is 3. The van der Waals surface area contributed by atoms with E-state index < -0.39 is 35.3 Å². The van der Waals surface area contributed by atoms with Gasteiger partial charge in [-0.3, -0.25) is 4.57 Å². The first kappa shape index (κ1) is 13.9. The van der Waals surface area contributed by atoms with E-state index in [4.69, 9.17) is 15.6 Å². The van der Waals surface area contributed by atoms with Crippen LogP contribution in [-0.2, 0) is 15.0 Å². The van der Waals surface area contributed by atoms with Crippen molar-refractivity contribution in [2.75, 3.05) is 12.3 Å². The Kier molecular flexibility index (Phi) is 3.33. The van der Waals surface area contributed by atoms with Crippen LogP contribution >= 0.6 is 0 Å². The number of hydrogen-bond acceptors (Lipinski definition) is 9. The maximum Gasteiger partial charge on any atom is 0.220 e. The van der Waals surface area contributed by atoms with Crippen LogP contribution in [0.1, 0.15) is 6.23 Å². The molecule has 3 heterocycles.